The monoisotopic (exact) mass is 194 g/mol. The van der Waals surface area contributed by atoms with Crippen molar-refractivity contribution in [2.24, 2.45) is 0 Å². The van der Waals surface area contributed by atoms with Crippen molar-refractivity contribution >= 4 is 0 Å². The third-order valence-corrected chi connectivity index (χ3v) is 1.53. The molecule has 0 saturated heterocycles. The van der Waals surface area contributed by atoms with Gasteiger partial charge in [0.2, 0.25) is 0 Å². The average molecular weight is 194 g/mol. The Hall–Kier alpha value is -1.10. The van der Waals surface area contributed by atoms with Gasteiger partial charge in [-0.05, 0) is 0 Å². The minimum absolute atomic E-state index is 0.817. The first-order chi connectivity index (χ1) is 5.86. The second-order valence-corrected chi connectivity index (χ2v) is 2.49. The van der Waals surface area contributed by atoms with Gasteiger partial charge >= 0.3 is 12.0 Å². The van der Waals surface area contributed by atoms with Crippen LogP contribution < -0.4 is 0 Å². The molecule has 1 rings (SSSR count). The Balaban J connectivity index is 3.08. The Kier molecular flexibility index (Phi) is 2.30. The van der Waals surface area contributed by atoms with Crippen molar-refractivity contribution in [1.82, 2.24) is 0 Å². The summed E-state index contributed by atoms with van der Waals surface area (Å²) in [6, 6.07) is 5.59. The van der Waals surface area contributed by atoms with Crippen LogP contribution in [0, 0.1) is 0 Å². The van der Waals surface area contributed by atoms with Crippen molar-refractivity contribution in [3.63, 3.8) is 0 Å². The first-order valence-electron chi connectivity index (χ1n) is 3.39. The molecule has 0 aromatic heterocycles. The van der Waals surface area contributed by atoms with Gasteiger partial charge in [-0.25, -0.2) is 0 Å². The van der Waals surface area contributed by atoms with Crippen LogP contribution in [0.5, 0.6) is 0 Å². The largest absolute Gasteiger partial charge is 0.453 e. The maximum absolute atomic E-state index is 12.8. The lowest BCUT2D eigenvalue weighted by Crippen LogP contribution is -2.37. The zero-order valence-electron chi connectivity index (χ0n) is 6.35. The molecule has 1 unspecified atom stereocenters. The fraction of sp³-hybridized carbons (Fsp3) is 0.250. The molecule has 72 valence electrons. The summed E-state index contributed by atoms with van der Waals surface area (Å²) in [5.74, 6) is -4.27. The zero-order valence-corrected chi connectivity index (χ0v) is 6.35. The van der Waals surface area contributed by atoms with Gasteiger partial charge in [-0.1, -0.05) is 30.3 Å². The number of alkyl halides is 4. The van der Waals surface area contributed by atoms with Crippen LogP contribution in [0.1, 0.15) is 5.56 Å². The quantitative estimate of drug-likeness (QED) is 0.680. The van der Waals surface area contributed by atoms with E-state index in [2.05, 4.69) is 0 Å². The number of hydrogen-bond donors (Lipinski definition) is 1. The second-order valence-electron chi connectivity index (χ2n) is 2.49. The van der Waals surface area contributed by atoms with E-state index >= 15 is 0 Å². The van der Waals surface area contributed by atoms with Crippen molar-refractivity contribution in [1.29, 1.82) is 0 Å². The van der Waals surface area contributed by atoms with Crippen LogP contribution in [-0.4, -0.2) is 11.3 Å². The van der Waals surface area contributed by atoms with E-state index in [0.717, 1.165) is 12.1 Å². The van der Waals surface area contributed by atoms with E-state index in [1.54, 1.807) is 0 Å². The molecule has 0 radical (unpaired) electrons. The molecule has 0 aliphatic carbocycles. The molecule has 1 atom stereocenters. The van der Waals surface area contributed by atoms with Crippen LogP contribution in [-0.2, 0) is 5.85 Å². The topological polar surface area (TPSA) is 20.2 Å². The lowest BCUT2D eigenvalue weighted by atomic mass is 10.1. The normalized spacial score (nSPS) is 16.7. The third-order valence-electron chi connectivity index (χ3n) is 1.53. The van der Waals surface area contributed by atoms with E-state index in [1.165, 1.54) is 18.2 Å². The van der Waals surface area contributed by atoms with Crippen LogP contribution in [0.25, 0.3) is 0 Å². The molecule has 5 heteroatoms. The SMILES string of the molecule is OC(F)(c1ccccc1)C(F)(F)F. The molecule has 0 saturated carbocycles. The van der Waals surface area contributed by atoms with E-state index in [-0.39, 0.29) is 0 Å². The van der Waals surface area contributed by atoms with Crippen LogP contribution in [0.15, 0.2) is 30.3 Å². The average Bonchev–Trinajstić information content (AvgIpc) is 2.04. The smallest absolute Gasteiger partial charge is 0.351 e. The lowest BCUT2D eigenvalue weighted by Gasteiger charge is -2.21. The summed E-state index contributed by atoms with van der Waals surface area (Å²) in [5.41, 5.74) is -0.817. The molecule has 0 bridgehead atoms. The lowest BCUT2D eigenvalue weighted by molar-refractivity contribution is -0.323. The highest BCUT2D eigenvalue weighted by atomic mass is 19.4. The molecule has 1 aromatic carbocycles. The van der Waals surface area contributed by atoms with Gasteiger partial charge in [0.15, 0.2) is 0 Å². The maximum Gasteiger partial charge on any atom is 0.453 e. The molecule has 0 aliphatic rings. The molecule has 0 aliphatic heterocycles. The summed E-state index contributed by atoms with van der Waals surface area (Å²) in [6.07, 6.45) is -5.31. The Labute approximate surface area is 71.6 Å². The number of benzene rings is 1. The molecule has 1 aromatic rings. The van der Waals surface area contributed by atoms with Gasteiger partial charge in [-0.15, -0.1) is 0 Å². The summed E-state index contributed by atoms with van der Waals surface area (Å²) in [4.78, 5) is 0. The molecule has 0 amide bonds. The second kappa shape index (κ2) is 2.99. The van der Waals surface area contributed by atoms with E-state index in [9.17, 15) is 17.6 Å². The predicted octanol–water partition coefficient (Wildman–Crippen LogP) is 2.36. The molecular weight excluding hydrogens is 188 g/mol. The van der Waals surface area contributed by atoms with Gasteiger partial charge in [-0.2, -0.15) is 17.6 Å². The van der Waals surface area contributed by atoms with Gasteiger partial charge in [0.1, 0.15) is 0 Å². The maximum atomic E-state index is 12.8. The van der Waals surface area contributed by atoms with E-state index in [0.29, 0.717) is 0 Å². The highest BCUT2D eigenvalue weighted by molar-refractivity contribution is 5.21. The first kappa shape index (κ1) is 9.98. The highest BCUT2D eigenvalue weighted by Gasteiger charge is 2.56. The molecule has 1 N–H and O–H groups in total. The first-order valence-corrected chi connectivity index (χ1v) is 3.39. The Bertz CT molecular complexity index is 278. The summed E-state index contributed by atoms with van der Waals surface area (Å²) >= 11 is 0. The van der Waals surface area contributed by atoms with E-state index < -0.39 is 17.6 Å². The van der Waals surface area contributed by atoms with Gasteiger partial charge in [0, 0.05) is 5.56 Å². The van der Waals surface area contributed by atoms with Crippen molar-refractivity contribution in [3.8, 4) is 0 Å². The number of aliphatic hydroxyl groups is 1. The molecule has 13 heavy (non-hydrogen) atoms. The summed E-state index contributed by atoms with van der Waals surface area (Å²) in [6.45, 7) is 0. The van der Waals surface area contributed by atoms with Gasteiger partial charge < -0.3 is 5.11 Å². The van der Waals surface area contributed by atoms with Crippen LogP contribution in [0.3, 0.4) is 0 Å². The van der Waals surface area contributed by atoms with Crippen molar-refractivity contribution < 1.29 is 22.7 Å². The third kappa shape index (κ3) is 1.80. The van der Waals surface area contributed by atoms with Crippen molar-refractivity contribution in [2.75, 3.05) is 0 Å². The van der Waals surface area contributed by atoms with Crippen LogP contribution >= 0.6 is 0 Å². The summed E-state index contributed by atoms with van der Waals surface area (Å²) < 4.78 is 48.4. The van der Waals surface area contributed by atoms with Crippen molar-refractivity contribution in [3.05, 3.63) is 35.9 Å². The molecule has 1 nitrogen and oxygen atoms in total. The van der Waals surface area contributed by atoms with E-state index in [1.807, 2.05) is 0 Å². The molecular formula is C8H6F4O. The van der Waals surface area contributed by atoms with E-state index in [4.69, 9.17) is 5.11 Å². The zero-order chi connectivity index (χ0) is 10.1. The highest BCUT2D eigenvalue weighted by Crippen LogP contribution is 2.39. The Morgan fingerprint density at radius 2 is 1.38 bits per heavy atom. The summed E-state index contributed by atoms with van der Waals surface area (Å²) in [7, 11) is 0. The fourth-order valence-electron chi connectivity index (χ4n) is 0.823. The van der Waals surface area contributed by atoms with Crippen LogP contribution in [0.2, 0.25) is 0 Å². The molecule has 0 fully saturated rings. The fourth-order valence-corrected chi connectivity index (χ4v) is 0.823. The van der Waals surface area contributed by atoms with Crippen LogP contribution in [0.4, 0.5) is 17.6 Å². The Morgan fingerprint density at radius 1 is 0.923 bits per heavy atom. The summed E-state index contributed by atoms with van der Waals surface area (Å²) in [5, 5.41) is 8.53. The van der Waals surface area contributed by atoms with Gasteiger partial charge in [0.25, 0.3) is 0 Å². The number of hydrogen-bond acceptors (Lipinski definition) is 1. The van der Waals surface area contributed by atoms with Crippen molar-refractivity contribution in [2.45, 2.75) is 12.0 Å². The minimum Gasteiger partial charge on any atom is -0.351 e. The molecule has 0 spiro atoms. The number of halogens is 4. The predicted molar refractivity (Wildman–Crippen MR) is 37.5 cm³/mol. The van der Waals surface area contributed by atoms with Gasteiger partial charge in [-0.3, -0.25) is 0 Å². The number of rotatable bonds is 1. The minimum atomic E-state index is -5.31. The Morgan fingerprint density at radius 3 is 1.77 bits per heavy atom. The molecule has 0 heterocycles. The standard InChI is InChI=1S/C8H6F4O/c9-7(13,8(10,11)12)6-4-2-1-3-5-6/h1-5,13H. The van der Waals surface area contributed by atoms with Gasteiger partial charge in [0.05, 0.1) is 0 Å².